The minimum absolute atomic E-state index is 0.0427. The van der Waals surface area contributed by atoms with Crippen molar-refractivity contribution in [2.45, 2.75) is 0 Å². The number of nitrogens with one attached hydrogen (secondary N) is 2. The first kappa shape index (κ1) is 24.1. The van der Waals surface area contributed by atoms with Crippen molar-refractivity contribution < 1.29 is 20.4 Å². The predicted molar refractivity (Wildman–Crippen MR) is 163 cm³/mol. The Morgan fingerprint density at radius 1 is 0.341 bits per heavy atom. The summed E-state index contributed by atoms with van der Waals surface area (Å²) in [6.45, 7) is 0. The van der Waals surface area contributed by atoms with Crippen molar-refractivity contribution in [3.63, 3.8) is 0 Å². The Labute approximate surface area is 245 Å². The number of rotatable bonds is 0. The molecular formula is C32H18N8O4. The van der Waals surface area contributed by atoms with E-state index in [1.165, 1.54) is 0 Å². The molecule has 3 aromatic heterocycles. The van der Waals surface area contributed by atoms with Gasteiger partial charge in [0.15, 0.2) is 23.3 Å². The largest absolute Gasteiger partial charge is 0.508 e. The Balaban J connectivity index is 1.51. The quantitative estimate of drug-likeness (QED) is 0.130. The zero-order valence-electron chi connectivity index (χ0n) is 22.4. The van der Waals surface area contributed by atoms with Crippen molar-refractivity contribution in [2.24, 2.45) is 0 Å². The zero-order valence-corrected chi connectivity index (χ0v) is 22.4. The molecule has 4 aromatic carbocycles. The molecule has 8 bridgehead atoms. The van der Waals surface area contributed by atoms with Gasteiger partial charge in [-0.3, -0.25) is 0 Å². The fourth-order valence-corrected chi connectivity index (χ4v) is 5.75. The number of phenols is 4. The van der Waals surface area contributed by atoms with Gasteiger partial charge in [0, 0.05) is 43.8 Å². The Hall–Kier alpha value is -6.56. The molecule has 0 spiro atoms. The van der Waals surface area contributed by atoms with E-state index in [9.17, 15) is 20.4 Å². The van der Waals surface area contributed by atoms with Crippen LogP contribution in [0.4, 0.5) is 0 Å². The van der Waals surface area contributed by atoms with Gasteiger partial charge in [0.1, 0.15) is 45.6 Å². The lowest BCUT2D eigenvalue weighted by Crippen LogP contribution is -1.83. The lowest BCUT2D eigenvalue weighted by molar-refractivity contribution is 0.475. The van der Waals surface area contributed by atoms with E-state index in [-0.39, 0.29) is 23.0 Å². The molecule has 0 saturated carbocycles. The Morgan fingerprint density at radius 3 is 1.11 bits per heavy atom. The lowest BCUT2D eigenvalue weighted by Gasteiger charge is -1.99. The number of hydrogen-bond acceptors (Lipinski definition) is 10. The molecule has 6 N–H and O–H groups in total. The molecule has 2 aliphatic heterocycles. The number of aromatic hydroxyl groups is 4. The number of H-pyrrole nitrogens is 2. The van der Waals surface area contributed by atoms with E-state index in [1.807, 2.05) is 0 Å². The molecule has 0 unspecified atom stereocenters. The first-order chi connectivity index (χ1) is 21.4. The number of hydrogen-bond donors (Lipinski definition) is 6. The molecule has 0 aliphatic carbocycles. The fraction of sp³-hybridized carbons (Fsp3) is 0. The standard InChI is InChI=1S/C32H18N8O4/c41-13-1-5-17-21(9-13)29-35-25(17)33-26-18-6-2-14(42)10-22(18)31(36-26)40-32-24-12-16(44)4-8-20(24)28(38-32)34-27-19-7-3-15(43)11-23(19)30(37-27)39-29/h1-12,41-44H,(H2,33,34,35,36,37,38,39,40). The van der Waals surface area contributed by atoms with Gasteiger partial charge in [0.05, 0.1) is 0 Å². The molecule has 0 saturated heterocycles. The SMILES string of the molecule is Oc1ccc2c(c1)-c1nc-2nc2[nH]c(nc3nc(nc4[nH]c(n1)c1cc(O)ccc41)-c1ccc(O)cc1-3)c1cc(O)ccc21. The van der Waals surface area contributed by atoms with Crippen LogP contribution in [0.25, 0.3) is 89.7 Å². The van der Waals surface area contributed by atoms with E-state index in [0.29, 0.717) is 89.7 Å². The summed E-state index contributed by atoms with van der Waals surface area (Å²) in [5.74, 6) is 1.48. The van der Waals surface area contributed by atoms with Gasteiger partial charge < -0.3 is 30.4 Å². The third kappa shape index (κ3) is 3.51. The second-order valence-corrected chi connectivity index (χ2v) is 10.5. The molecule has 44 heavy (non-hydrogen) atoms. The van der Waals surface area contributed by atoms with Crippen LogP contribution in [0, 0.1) is 0 Å². The van der Waals surface area contributed by atoms with Crippen molar-refractivity contribution in [2.75, 3.05) is 0 Å². The molecule has 0 radical (unpaired) electrons. The minimum atomic E-state index is 0.0427. The maximum atomic E-state index is 10.3. The van der Waals surface area contributed by atoms with E-state index >= 15 is 0 Å². The summed E-state index contributed by atoms with van der Waals surface area (Å²) in [6.07, 6.45) is 0. The maximum absolute atomic E-state index is 10.3. The fourth-order valence-electron chi connectivity index (χ4n) is 5.75. The smallest absolute Gasteiger partial charge is 0.164 e. The van der Waals surface area contributed by atoms with Crippen molar-refractivity contribution in [1.29, 1.82) is 0 Å². The summed E-state index contributed by atoms with van der Waals surface area (Å²) in [6, 6.07) is 19.5. The van der Waals surface area contributed by atoms with Crippen LogP contribution in [0.1, 0.15) is 0 Å². The van der Waals surface area contributed by atoms with Gasteiger partial charge in [-0.05, 0) is 72.8 Å². The van der Waals surface area contributed by atoms with Crippen molar-refractivity contribution in [3.05, 3.63) is 72.8 Å². The molecule has 0 fully saturated rings. The topological polar surface area (TPSA) is 190 Å². The first-order valence-corrected chi connectivity index (χ1v) is 13.5. The van der Waals surface area contributed by atoms with Crippen molar-refractivity contribution in [3.8, 4) is 68.5 Å². The highest BCUT2D eigenvalue weighted by Crippen LogP contribution is 2.39. The van der Waals surface area contributed by atoms with Crippen molar-refractivity contribution >= 4 is 44.1 Å². The van der Waals surface area contributed by atoms with Crippen LogP contribution in [0.3, 0.4) is 0 Å². The second kappa shape index (κ2) is 8.49. The zero-order chi connectivity index (χ0) is 29.7. The highest BCUT2D eigenvalue weighted by atomic mass is 16.3. The van der Waals surface area contributed by atoms with E-state index in [2.05, 4.69) is 9.97 Å². The average molecular weight is 579 g/mol. The van der Waals surface area contributed by atoms with Gasteiger partial charge >= 0.3 is 0 Å². The Kier molecular flexibility index (Phi) is 4.64. The maximum Gasteiger partial charge on any atom is 0.164 e. The molecule has 0 amide bonds. The molecule has 2 aliphatic rings. The summed E-state index contributed by atoms with van der Waals surface area (Å²) in [4.78, 5) is 35.4. The minimum Gasteiger partial charge on any atom is -0.508 e. The van der Waals surface area contributed by atoms with Gasteiger partial charge in [-0.2, -0.15) is 0 Å². The second-order valence-electron chi connectivity index (χ2n) is 10.5. The van der Waals surface area contributed by atoms with Crippen LogP contribution in [0.15, 0.2) is 72.8 Å². The number of phenolic OH excluding ortho intramolecular Hbond substituents is 4. The van der Waals surface area contributed by atoms with Gasteiger partial charge in [-0.15, -0.1) is 0 Å². The molecule has 12 heteroatoms. The monoisotopic (exact) mass is 578 g/mol. The van der Waals surface area contributed by atoms with E-state index in [1.54, 1.807) is 72.8 Å². The molecule has 210 valence electrons. The first-order valence-electron chi connectivity index (χ1n) is 13.5. The number of benzene rings is 4. The van der Waals surface area contributed by atoms with Gasteiger partial charge in [-0.25, -0.2) is 29.9 Å². The number of aromatic nitrogens is 8. The van der Waals surface area contributed by atoms with Crippen LogP contribution in [-0.4, -0.2) is 60.3 Å². The molecule has 7 aromatic rings. The summed E-state index contributed by atoms with van der Waals surface area (Å²) in [5.41, 5.74) is 4.09. The van der Waals surface area contributed by atoms with Crippen LogP contribution in [0.5, 0.6) is 23.0 Å². The number of aromatic amines is 2. The predicted octanol–water partition coefficient (Wildman–Crippen LogP) is 5.69. The average Bonchev–Trinajstić information content (AvgIpc) is 3.71. The van der Waals surface area contributed by atoms with E-state index in [0.717, 1.165) is 0 Å². The molecule has 0 atom stereocenters. The van der Waals surface area contributed by atoms with Crippen LogP contribution < -0.4 is 0 Å². The van der Waals surface area contributed by atoms with E-state index in [4.69, 9.17) is 29.9 Å². The summed E-state index contributed by atoms with van der Waals surface area (Å²) < 4.78 is 0. The Bertz CT molecular complexity index is 2390. The molecule has 9 rings (SSSR count). The highest BCUT2D eigenvalue weighted by molar-refractivity contribution is 6.07. The van der Waals surface area contributed by atoms with E-state index < -0.39 is 0 Å². The van der Waals surface area contributed by atoms with Crippen molar-refractivity contribution in [1.82, 2.24) is 39.9 Å². The molecule has 12 nitrogen and oxygen atoms in total. The lowest BCUT2D eigenvalue weighted by atomic mass is 10.1. The van der Waals surface area contributed by atoms with Gasteiger partial charge in [0.2, 0.25) is 0 Å². The van der Waals surface area contributed by atoms with Gasteiger partial charge in [0.25, 0.3) is 0 Å². The summed E-state index contributed by atoms with van der Waals surface area (Å²) >= 11 is 0. The summed E-state index contributed by atoms with van der Waals surface area (Å²) in [5, 5.41) is 43.9. The van der Waals surface area contributed by atoms with Crippen LogP contribution in [0.2, 0.25) is 0 Å². The number of fused-ring (bicyclic) bond motifs is 20. The number of nitrogens with zero attached hydrogens (tertiary/aromatic N) is 6. The third-order valence-electron chi connectivity index (χ3n) is 7.76. The van der Waals surface area contributed by atoms with Crippen LogP contribution in [-0.2, 0) is 0 Å². The molecule has 5 heterocycles. The molecular weight excluding hydrogens is 560 g/mol. The Morgan fingerprint density at radius 2 is 0.682 bits per heavy atom. The van der Waals surface area contributed by atoms with Crippen LogP contribution >= 0.6 is 0 Å². The summed E-state index contributed by atoms with van der Waals surface area (Å²) in [7, 11) is 0. The highest BCUT2D eigenvalue weighted by Gasteiger charge is 2.23. The third-order valence-corrected chi connectivity index (χ3v) is 7.76. The van der Waals surface area contributed by atoms with Gasteiger partial charge in [-0.1, -0.05) is 0 Å². The normalized spacial score (nSPS) is 12.0.